The first kappa shape index (κ1) is 18.3. The standard InChI is InChI=1S/C19H28N6O2/c1-15-13-16(2)25(22-15)18-4-3-17(20-21-18)24-9-7-23(8-10-24)14-19(26)5-11-27-12-6-19/h3-4,13,26H,5-12,14H2,1-2H3. The van der Waals surface area contributed by atoms with Gasteiger partial charge in [0.2, 0.25) is 0 Å². The summed E-state index contributed by atoms with van der Waals surface area (Å²) in [5.74, 6) is 1.63. The quantitative estimate of drug-likeness (QED) is 0.856. The number of β-amino-alcohol motifs (C(OH)–C–C–N with tert-alkyl or cyclic N) is 1. The first-order valence-corrected chi connectivity index (χ1v) is 9.67. The van der Waals surface area contributed by atoms with Crippen LogP contribution in [0.3, 0.4) is 0 Å². The van der Waals surface area contributed by atoms with Crippen molar-refractivity contribution in [1.82, 2.24) is 24.9 Å². The molecule has 0 amide bonds. The average molecular weight is 372 g/mol. The largest absolute Gasteiger partial charge is 0.388 e. The number of ether oxygens (including phenoxy) is 1. The molecular formula is C19H28N6O2. The molecule has 2 fully saturated rings. The van der Waals surface area contributed by atoms with Crippen LogP contribution in [-0.2, 0) is 4.74 Å². The lowest BCUT2D eigenvalue weighted by molar-refractivity contribution is -0.0802. The van der Waals surface area contributed by atoms with E-state index in [4.69, 9.17) is 4.74 Å². The van der Waals surface area contributed by atoms with E-state index in [1.807, 2.05) is 36.7 Å². The Morgan fingerprint density at radius 3 is 2.30 bits per heavy atom. The third kappa shape index (κ3) is 4.12. The van der Waals surface area contributed by atoms with E-state index in [-0.39, 0.29) is 0 Å². The maximum Gasteiger partial charge on any atom is 0.176 e. The van der Waals surface area contributed by atoms with Gasteiger partial charge in [0, 0.05) is 64.5 Å². The molecule has 146 valence electrons. The number of aliphatic hydroxyl groups is 1. The van der Waals surface area contributed by atoms with Crippen LogP contribution in [0.25, 0.3) is 5.82 Å². The second kappa shape index (κ2) is 7.53. The van der Waals surface area contributed by atoms with Gasteiger partial charge in [-0.05, 0) is 32.0 Å². The molecule has 27 heavy (non-hydrogen) atoms. The maximum atomic E-state index is 10.7. The molecule has 2 aliphatic heterocycles. The highest BCUT2D eigenvalue weighted by Gasteiger charge is 2.33. The van der Waals surface area contributed by atoms with Crippen molar-refractivity contribution in [3.05, 3.63) is 29.6 Å². The Kier molecular flexibility index (Phi) is 5.12. The number of rotatable bonds is 4. The van der Waals surface area contributed by atoms with Gasteiger partial charge in [0.1, 0.15) is 0 Å². The van der Waals surface area contributed by atoms with Gasteiger partial charge < -0.3 is 14.7 Å². The molecule has 0 spiro atoms. The first-order valence-electron chi connectivity index (χ1n) is 9.67. The lowest BCUT2D eigenvalue weighted by Gasteiger charge is -2.41. The molecule has 1 N–H and O–H groups in total. The molecule has 0 saturated carbocycles. The van der Waals surface area contributed by atoms with Crippen LogP contribution in [0.5, 0.6) is 0 Å². The van der Waals surface area contributed by atoms with Gasteiger partial charge in [-0.2, -0.15) is 5.10 Å². The molecule has 2 aliphatic rings. The van der Waals surface area contributed by atoms with Crippen LogP contribution in [-0.4, -0.2) is 81.5 Å². The molecule has 0 bridgehead atoms. The van der Waals surface area contributed by atoms with Crippen molar-refractivity contribution in [2.24, 2.45) is 0 Å². The third-order valence-corrected chi connectivity index (χ3v) is 5.50. The average Bonchev–Trinajstić information content (AvgIpc) is 3.01. The summed E-state index contributed by atoms with van der Waals surface area (Å²) >= 11 is 0. The van der Waals surface area contributed by atoms with Gasteiger partial charge in [0.05, 0.1) is 11.3 Å². The summed E-state index contributed by atoms with van der Waals surface area (Å²) in [4.78, 5) is 4.60. The Bertz CT molecular complexity index is 761. The Labute approximate surface area is 159 Å². The fraction of sp³-hybridized carbons (Fsp3) is 0.632. The van der Waals surface area contributed by atoms with Crippen LogP contribution in [0.2, 0.25) is 0 Å². The minimum atomic E-state index is -0.596. The summed E-state index contributed by atoms with van der Waals surface area (Å²) in [5, 5.41) is 23.9. The molecule has 0 atom stereocenters. The molecule has 0 aromatic carbocycles. The predicted molar refractivity (Wildman–Crippen MR) is 102 cm³/mol. The van der Waals surface area contributed by atoms with Crippen LogP contribution >= 0.6 is 0 Å². The molecule has 8 heteroatoms. The van der Waals surface area contributed by atoms with Gasteiger partial charge in [-0.25, -0.2) is 4.68 Å². The SMILES string of the molecule is Cc1cc(C)n(-c2ccc(N3CCN(CC4(O)CCOCC4)CC3)nn2)n1. The van der Waals surface area contributed by atoms with E-state index in [0.29, 0.717) is 13.2 Å². The van der Waals surface area contributed by atoms with Crippen molar-refractivity contribution in [3.8, 4) is 5.82 Å². The van der Waals surface area contributed by atoms with Crippen molar-refractivity contribution >= 4 is 5.82 Å². The maximum absolute atomic E-state index is 10.7. The molecule has 2 saturated heterocycles. The summed E-state index contributed by atoms with van der Waals surface area (Å²) in [7, 11) is 0. The number of nitrogens with zero attached hydrogens (tertiary/aromatic N) is 6. The number of aromatic nitrogens is 4. The zero-order chi connectivity index (χ0) is 18.9. The van der Waals surface area contributed by atoms with E-state index in [0.717, 1.165) is 68.6 Å². The number of aryl methyl sites for hydroxylation is 2. The van der Waals surface area contributed by atoms with Crippen LogP contribution in [0, 0.1) is 13.8 Å². The van der Waals surface area contributed by atoms with E-state index in [1.165, 1.54) is 0 Å². The van der Waals surface area contributed by atoms with Crippen molar-refractivity contribution < 1.29 is 9.84 Å². The fourth-order valence-corrected chi connectivity index (χ4v) is 3.92. The Morgan fingerprint density at radius 2 is 1.70 bits per heavy atom. The highest BCUT2D eigenvalue weighted by atomic mass is 16.5. The number of hydrogen-bond acceptors (Lipinski definition) is 7. The second-order valence-electron chi connectivity index (χ2n) is 7.69. The summed E-state index contributed by atoms with van der Waals surface area (Å²) in [6.07, 6.45) is 1.46. The minimum absolute atomic E-state index is 0.596. The van der Waals surface area contributed by atoms with Crippen molar-refractivity contribution in [3.63, 3.8) is 0 Å². The Balaban J connectivity index is 1.35. The zero-order valence-corrected chi connectivity index (χ0v) is 16.1. The lowest BCUT2D eigenvalue weighted by Crippen LogP contribution is -2.53. The monoisotopic (exact) mass is 372 g/mol. The third-order valence-electron chi connectivity index (χ3n) is 5.50. The number of anilines is 1. The number of piperazine rings is 1. The van der Waals surface area contributed by atoms with Crippen molar-refractivity contribution in [1.29, 1.82) is 0 Å². The highest BCUT2D eigenvalue weighted by Crippen LogP contribution is 2.23. The van der Waals surface area contributed by atoms with E-state index in [2.05, 4.69) is 25.1 Å². The van der Waals surface area contributed by atoms with Crippen LogP contribution in [0.4, 0.5) is 5.82 Å². The molecule has 2 aromatic rings. The normalized spacial score (nSPS) is 20.8. The zero-order valence-electron chi connectivity index (χ0n) is 16.1. The van der Waals surface area contributed by atoms with Crippen LogP contribution in [0.15, 0.2) is 18.2 Å². The molecule has 2 aromatic heterocycles. The molecule has 4 heterocycles. The second-order valence-corrected chi connectivity index (χ2v) is 7.69. The summed E-state index contributed by atoms with van der Waals surface area (Å²) < 4.78 is 7.19. The predicted octanol–water partition coefficient (Wildman–Crippen LogP) is 0.943. The Hall–Kier alpha value is -2.03. The van der Waals surface area contributed by atoms with Gasteiger partial charge in [-0.3, -0.25) is 4.90 Å². The first-order chi connectivity index (χ1) is 13.0. The Morgan fingerprint density at radius 1 is 1.04 bits per heavy atom. The molecule has 0 aliphatic carbocycles. The summed E-state index contributed by atoms with van der Waals surface area (Å²) in [6.45, 7) is 9.66. The minimum Gasteiger partial charge on any atom is -0.388 e. The molecular weight excluding hydrogens is 344 g/mol. The lowest BCUT2D eigenvalue weighted by atomic mass is 9.93. The van der Waals surface area contributed by atoms with Crippen LogP contribution in [0.1, 0.15) is 24.2 Å². The fourth-order valence-electron chi connectivity index (χ4n) is 3.92. The van der Waals surface area contributed by atoms with Gasteiger partial charge in [-0.1, -0.05) is 0 Å². The molecule has 8 nitrogen and oxygen atoms in total. The van der Waals surface area contributed by atoms with E-state index in [9.17, 15) is 5.11 Å². The molecule has 0 unspecified atom stereocenters. The number of hydrogen-bond donors (Lipinski definition) is 1. The van der Waals surface area contributed by atoms with Gasteiger partial charge >= 0.3 is 0 Å². The van der Waals surface area contributed by atoms with E-state index < -0.39 is 5.60 Å². The van der Waals surface area contributed by atoms with Crippen molar-refractivity contribution in [2.75, 3.05) is 50.8 Å². The summed E-state index contributed by atoms with van der Waals surface area (Å²) in [6, 6.07) is 6.01. The van der Waals surface area contributed by atoms with E-state index >= 15 is 0 Å². The molecule has 4 rings (SSSR count). The van der Waals surface area contributed by atoms with Gasteiger partial charge in [-0.15, -0.1) is 10.2 Å². The topological polar surface area (TPSA) is 79.5 Å². The highest BCUT2D eigenvalue weighted by molar-refractivity contribution is 5.40. The van der Waals surface area contributed by atoms with Crippen molar-refractivity contribution in [2.45, 2.75) is 32.3 Å². The smallest absolute Gasteiger partial charge is 0.176 e. The van der Waals surface area contributed by atoms with E-state index in [1.54, 1.807) is 0 Å². The van der Waals surface area contributed by atoms with Crippen LogP contribution < -0.4 is 4.90 Å². The molecule has 0 radical (unpaired) electrons. The summed E-state index contributed by atoms with van der Waals surface area (Å²) in [5.41, 5.74) is 1.43. The van der Waals surface area contributed by atoms with Gasteiger partial charge in [0.15, 0.2) is 11.6 Å². The van der Waals surface area contributed by atoms with Gasteiger partial charge in [0.25, 0.3) is 0 Å².